The minimum Gasteiger partial charge on any atom is -0.496 e. The minimum atomic E-state index is -0.764. The first-order chi connectivity index (χ1) is 22.9. The number of carbonyl (C=O) groups excluding carboxylic acids is 3. The van der Waals surface area contributed by atoms with Crippen LogP contribution in [0.15, 0.2) is 47.0 Å². The quantitative estimate of drug-likeness (QED) is 0.140. The number of hydrogen-bond donors (Lipinski definition) is 1. The van der Waals surface area contributed by atoms with Crippen molar-refractivity contribution in [2.75, 3.05) is 25.7 Å². The number of fused-ring (bicyclic) bond motifs is 3. The maximum Gasteiger partial charge on any atom is 0.415 e. The minimum absolute atomic E-state index is 0.0568. The maximum absolute atomic E-state index is 14.0. The second-order valence-electron chi connectivity index (χ2n) is 12.8. The third-order valence-electron chi connectivity index (χ3n) is 8.11. The molecule has 2 aromatic carbocycles. The molecular formula is C36H43N5O7. The molecule has 0 saturated carbocycles. The van der Waals surface area contributed by atoms with Crippen molar-refractivity contribution in [3.63, 3.8) is 0 Å². The molecular weight excluding hydrogens is 614 g/mol. The molecule has 0 saturated heterocycles. The highest BCUT2D eigenvalue weighted by atomic mass is 16.6. The van der Waals surface area contributed by atoms with Crippen molar-refractivity contribution in [1.82, 2.24) is 20.3 Å². The first-order valence-electron chi connectivity index (χ1n) is 16.1. The summed E-state index contributed by atoms with van der Waals surface area (Å²) >= 11 is 0. The lowest BCUT2D eigenvalue weighted by Gasteiger charge is -2.32. The Labute approximate surface area is 280 Å². The predicted molar refractivity (Wildman–Crippen MR) is 180 cm³/mol. The highest BCUT2D eigenvalue weighted by Crippen LogP contribution is 2.47. The van der Waals surface area contributed by atoms with Gasteiger partial charge in [0.2, 0.25) is 0 Å². The van der Waals surface area contributed by atoms with Gasteiger partial charge in [-0.1, -0.05) is 41.9 Å². The average molecular weight is 658 g/mol. The van der Waals surface area contributed by atoms with Crippen molar-refractivity contribution in [3.8, 4) is 28.1 Å². The Morgan fingerprint density at radius 1 is 1.00 bits per heavy atom. The van der Waals surface area contributed by atoms with Crippen LogP contribution >= 0.6 is 0 Å². The Hall–Kier alpha value is -5.13. The van der Waals surface area contributed by atoms with Gasteiger partial charge in [-0.25, -0.2) is 4.79 Å². The van der Waals surface area contributed by atoms with Crippen LogP contribution in [0.25, 0.3) is 22.4 Å². The summed E-state index contributed by atoms with van der Waals surface area (Å²) in [5.41, 5.74) is 5.08. The summed E-state index contributed by atoms with van der Waals surface area (Å²) in [4.78, 5) is 40.9. The summed E-state index contributed by atoms with van der Waals surface area (Å²) in [5, 5.41) is 12.2. The van der Waals surface area contributed by atoms with Gasteiger partial charge in [0.05, 0.1) is 44.3 Å². The molecule has 4 aromatic rings. The first-order valence-corrected chi connectivity index (χ1v) is 16.1. The van der Waals surface area contributed by atoms with Crippen LogP contribution < -0.4 is 15.0 Å². The molecule has 2 amide bonds. The van der Waals surface area contributed by atoms with Crippen molar-refractivity contribution >= 4 is 23.7 Å². The van der Waals surface area contributed by atoms with Crippen LogP contribution in [0.1, 0.15) is 79.5 Å². The van der Waals surface area contributed by atoms with E-state index in [9.17, 15) is 14.4 Å². The van der Waals surface area contributed by atoms with E-state index in [1.54, 1.807) is 16.7 Å². The van der Waals surface area contributed by atoms with Crippen LogP contribution in [0.2, 0.25) is 0 Å². The number of rotatable bonds is 11. The molecule has 0 fully saturated rings. The molecule has 0 bridgehead atoms. The first kappa shape index (κ1) is 34.2. The number of nitrogens with zero attached hydrogens (tertiary/aromatic N) is 4. The van der Waals surface area contributed by atoms with Gasteiger partial charge in [0.1, 0.15) is 28.5 Å². The predicted octanol–water partition coefficient (Wildman–Crippen LogP) is 6.60. The summed E-state index contributed by atoms with van der Waals surface area (Å²) in [5.74, 6) is 0.596. The topological polar surface area (TPSA) is 138 Å². The summed E-state index contributed by atoms with van der Waals surface area (Å²) < 4.78 is 23.6. The van der Waals surface area contributed by atoms with Gasteiger partial charge in [0.15, 0.2) is 0 Å². The zero-order valence-electron chi connectivity index (χ0n) is 28.6. The Bertz CT molecular complexity index is 1780. The van der Waals surface area contributed by atoms with E-state index in [0.29, 0.717) is 83.3 Å². The fourth-order valence-electron chi connectivity index (χ4n) is 5.89. The molecule has 0 atom stereocenters. The number of hydrogen-bond acceptors (Lipinski definition) is 9. The molecule has 48 heavy (non-hydrogen) atoms. The van der Waals surface area contributed by atoms with Crippen molar-refractivity contribution < 1.29 is 33.1 Å². The van der Waals surface area contributed by atoms with Crippen LogP contribution in [-0.4, -0.2) is 59.3 Å². The van der Waals surface area contributed by atoms with E-state index in [2.05, 4.69) is 10.5 Å². The number of esters is 1. The van der Waals surface area contributed by atoms with Crippen molar-refractivity contribution in [1.29, 1.82) is 0 Å². The molecule has 0 unspecified atom stereocenters. The molecule has 0 aliphatic carbocycles. The van der Waals surface area contributed by atoms with Crippen LogP contribution in [0.4, 0.5) is 10.5 Å². The molecule has 12 heteroatoms. The highest BCUT2D eigenvalue weighted by Gasteiger charge is 2.37. The maximum atomic E-state index is 14.0. The van der Waals surface area contributed by atoms with Crippen molar-refractivity contribution in [2.24, 2.45) is 0 Å². The van der Waals surface area contributed by atoms with Gasteiger partial charge in [-0.15, -0.1) is 0 Å². The molecule has 1 aliphatic rings. The molecule has 0 radical (unpaired) electrons. The Balaban J connectivity index is 1.60. The second kappa shape index (κ2) is 14.3. The molecule has 3 heterocycles. The molecule has 254 valence electrons. The van der Waals surface area contributed by atoms with Gasteiger partial charge in [-0.05, 0) is 65.2 Å². The average Bonchev–Trinajstić information content (AvgIpc) is 3.58. The van der Waals surface area contributed by atoms with E-state index < -0.39 is 11.7 Å². The van der Waals surface area contributed by atoms with Gasteiger partial charge < -0.3 is 24.1 Å². The molecule has 0 spiro atoms. The van der Waals surface area contributed by atoms with Gasteiger partial charge in [-0.3, -0.25) is 19.2 Å². The fourth-order valence-corrected chi connectivity index (χ4v) is 5.89. The number of nitrogens with one attached hydrogen (secondary N) is 1. The highest BCUT2D eigenvalue weighted by molar-refractivity contribution is 6.03. The molecule has 2 aromatic heterocycles. The van der Waals surface area contributed by atoms with E-state index in [1.165, 1.54) is 7.11 Å². The van der Waals surface area contributed by atoms with Crippen LogP contribution in [-0.2, 0) is 27.4 Å². The van der Waals surface area contributed by atoms with Gasteiger partial charge in [-0.2, -0.15) is 5.10 Å². The SMILES string of the molecule is COC(=O)CCCCCNC(=O)c1c2c(nn1Cc1ccccc1)-c1cc(OC)c(-c3c(C)noc3C)cc1N(C(=O)OC(C)(C)C)C2. The van der Waals surface area contributed by atoms with E-state index in [1.807, 2.05) is 77.1 Å². The molecule has 1 aliphatic heterocycles. The normalized spacial score (nSPS) is 12.3. The van der Waals surface area contributed by atoms with Gasteiger partial charge >= 0.3 is 12.1 Å². The summed E-state index contributed by atoms with van der Waals surface area (Å²) in [6.07, 6.45) is 1.89. The lowest BCUT2D eigenvalue weighted by Crippen LogP contribution is -2.39. The van der Waals surface area contributed by atoms with E-state index in [0.717, 1.165) is 17.5 Å². The van der Waals surface area contributed by atoms with E-state index >= 15 is 0 Å². The lowest BCUT2D eigenvalue weighted by atomic mass is 9.93. The number of methoxy groups -OCH3 is 2. The number of ether oxygens (including phenoxy) is 3. The van der Waals surface area contributed by atoms with Crippen LogP contribution in [0, 0.1) is 13.8 Å². The number of anilines is 1. The number of benzene rings is 2. The summed E-state index contributed by atoms with van der Waals surface area (Å²) in [7, 11) is 2.95. The Morgan fingerprint density at radius 3 is 2.40 bits per heavy atom. The number of amides is 2. The second-order valence-corrected chi connectivity index (χ2v) is 12.8. The number of aryl methyl sites for hydroxylation is 2. The standard InChI is InChI=1S/C36H43N5O7/c1-22-31(23(2)48-39-22)26-18-28-25(19-29(26)45-6)32-27(21-40(28)35(44)47-36(3,4)5)33(41(38-32)20-24-14-10-8-11-15-24)34(43)37-17-13-9-12-16-30(42)46-7/h8,10-11,14-15,18-19H,9,12-13,16-17,20-21H2,1-7H3,(H,37,43). The smallest absolute Gasteiger partial charge is 0.415 e. The zero-order chi connectivity index (χ0) is 34.6. The third kappa shape index (κ3) is 7.37. The van der Waals surface area contributed by atoms with E-state index in [4.69, 9.17) is 23.8 Å². The zero-order valence-corrected chi connectivity index (χ0v) is 28.6. The van der Waals surface area contributed by atoms with E-state index in [-0.39, 0.29) is 18.4 Å². The van der Waals surface area contributed by atoms with Crippen molar-refractivity contribution in [3.05, 3.63) is 70.7 Å². The number of carbonyl (C=O) groups is 3. The molecule has 5 rings (SSSR count). The van der Waals surface area contributed by atoms with Crippen LogP contribution in [0.3, 0.4) is 0 Å². The summed E-state index contributed by atoms with van der Waals surface area (Å²) in [6, 6.07) is 13.5. The van der Waals surface area contributed by atoms with Crippen LogP contribution in [0.5, 0.6) is 5.75 Å². The lowest BCUT2D eigenvalue weighted by molar-refractivity contribution is -0.140. The molecule has 1 N–H and O–H groups in total. The third-order valence-corrected chi connectivity index (χ3v) is 8.11. The summed E-state index contributed by atoms with van der Waals surface area (Å²) in [6.45, 7) is 9.92. The number of aromatic nitrogens is 3. The molecule has 12 nitrogen and oxygen atoms in total. The van der Waals surface area contributed by atoms with Gasteiger partial charge in [0.25, 0.3) is 5.91 Å². The van der Waals surface area contributed by atoms with Gasteiger partial charge in [0, 0.05) is 29.7 Å². The van der Waals surface area contributed by atoms with Crippen molar-refractivity contribution in [2.45, 2.75) is 79.0 Å². The number of unbranched alkanes of at least 4 members (excludes halogenated alkanes) is 2. The monoisotopic (exact) mass is 657 g/mol. The largest absolute Gasteiger partial charge is 0.496 e. The fraction of sp³-hybridized carbons (Fsp3) is 0.417. The Kier molecular flexibility index (Phi) is 10.2. The Morgan fingerprint density at radius 2 is 1.75 bits per heavy atom.